The van der Waals surface area contributed by atoms with Gasteiger partial charge in [-0.15, -0.1) is 0 Å². The summed E-state index contributed by atoms with van der Waals surface area (Å²) in [7, 11) is 0. The van der Waals surface area contributed by atoms with Crippen LogP contribution in [0.1, 0.15) is 36.7 Å². The largest absolute Gasteiger partial charge is 0.493 e. The van der Waals surface area contributed by atoms with E-state index in [2.05, 4.69) is 0 Å². The summed E-state index contributed by atoms with van der Waals surface area (Å²) >= 11 is 0. The number of rotatable bonds is 4. The minimum absolute atomic E-state index is 0.0498. The molecule has 3 heteroatoms. The second kappa shape index (κ2) is 4.82. The number of nitrogens with two attached hydrogens (primary N) is 1. The Bertz CT molecular complexity index is 372. The van der Waals surface area contributed by atoms with Gasteiger partial charge in [-0.2, -0.15) is 0 Å². The lowest BCUT2D eigenvalue weighted by atomic mass is 10.0. The maximum absolute atomic E-state index is 11.5. The Morgan fingerprint density at radius 1 is 1.40 bits per heavy atom. The molecule has 0 bridgehead atoms. The van der Waals surface area contributed by atoms with Gasteiger partial charge in [0.05, 0.1) is 12.2 Å². The molecule has 0 aromatic heterocycles. The molecule has 0 amide bonds. The Kier molecular flexibility index (Phi) is 3.72. The summed E-state index contributed by atoms with van der Waals surface area (Å²) in [6, 6.07) is 3.72. The number of anilines is 1. The highest BCUT2D eigenvalue weighted by Gasteiger charge is 2.14. The maximum atomic E-state index is 11.5. The molecule has 0 fully saturated rings. The number of carbonyl (C=O) groups excluding carboxylic acids is 1. The van der Waals surface area contributed by atoms with Crippen LogP contribution < -0.4 is 10.5 Å². The quantitative estimate of drug-likeness (QED) is 0.609. The molecule has 1 rings (SSSR count). The zero-order valence-corrected chi connectivity index (χ0v) is 9.46. The molecular formula is C12H17NO2. The SMILES string of the molecule is CCOc1ccc(CC)c(N)c1C(C)=O. The van der Waals surface area contributed by atoms with Crippen LogP contribution in [-0.2, 0) is 6.42 Å². The summed E-state index contributed by atoms with van der Waals surface area (Å²) in [6.07, 6.45) is 0.818. The molecule has 2 N–H and O–H groups in total. The van der Waals surface area contributed by atoms with Gasteiger partial charge in [0, 0.05) is 5.69 Å². The molecule has 82 valence electrons. The van der Waals surface area contributed by atoms with Crippen molar-refractivity contribution in [2.45, 2.75) is 27.2 Å². The summed E-state index contributed by atoms with van der Waals surface area (Å²) in [4.78, 5) is 11.5. The number of hydrogen-bond acceptors (Lipinski definition) is 3. The van der Waals surface area contributed by atoms with Crippen molar-refractivity contribution in [1.29, 1.82) is 0 Å². The van der Waals surface area contributed by atoms with Gasteiger partial charge >= 0.3 is 0 Å². The van der Waals surface area contributed by atoms with E-state index in [1.54, 1.807) is 0 Å². The topological polar surface area (TPSA) is 52.3 Å². The predicted octanol–water partition coefficient (Wildman–Crippen LogP) is 2.43. The van der Waals surface area contributed by atoms with Crippen LogP contribution in [0.4, 0.5) is 5.69 Å². The van der Waals surface area contributed by atoms with Crippen LogP contribution in [0.25, 0.3) is 0 Å². The van der Waals surface area contributed by atoms with Crippen LogP contribution in [0.15, 0.2) is 12.1 Å². The molecule has 1 aromatic carbocycles. The Morgan fingerprint density at radius 2 is 2.07 bits per heavy atom. The molecular weight excluding hydrogens is 190 g/mol. The monoisotopic (exact) mass is 207 g/mol. The van der Waals surface area contributed by atoms with Crippen LogP contribution in [0.5, 0.6) is 5.75 Å². The van der Waals surface area contributed by atoms with Gasteiger partial charge in [0.1, 0.15) is 5.75 Å². The Morgan fingerprint density at radius 3 is 2.53 bits per heavy atom. The van der Waals surface area contributed by atoms with E-state index in [1.165, 1.54) is 6.92 Å². The first-order valence-corrected chi connectivity index (χ1v) is 5.16. The smallest absolute Gasteiger partial charge is 0.165 e. The maximum Gasteiger partial charge on any atom is 0.165 e. The fourth-order valence-electron chi connectivity index (χ4n) is 1.59. The van der Waals surface area contributed by atoms with Crippen molar-refractivity contribution in [3.8, 4) is 5.75 Å². The summed E-state index contributed by atoms with van der Waals surface area (Å²) in [6.45, 7) is 5.93. The van der Waals surface area contributed by atoms with Crippen molar-refractivity contribution in [2.24, 2.45) is 0 Å². The molecule has 0 radical (unpaired) electrons. The van der Waals surface area contributed by atoms with Crippen molar-refractivity contribution in [1.82, 2.24) is 0 Å². The van der Waals surface area contributed by atoms with Crippen molar-refractivity contribution in [3.05, 3.63) is 23.3 Å². The molecule has 1 aromatic rings. The van der Waals surface area contributed by atoms with E-state index in [9.17, 15) is 4.79 Å². The van der Waals surface area contributed by atoms with E-state index in [0.29, 0.717) is 23.6 Å². The lowest BCUT2D eigenvalue weighted by Crippen LogP contribution is -2.07. The van der Waals surface area contributed by atoms with E-state index in [0.717, 1.165) is 12.0 Å². The van der Waals surface area contributed by atoms with Gasteiger partial charge in [-0.1, -0.05) is 13.0 Å². The average molecular weight is 207 g/mol. The summed E-state index contributed by atoms with van der Waals surface area (Å²) in [5, 5.41) is 0. The molecule has 0 aliphatic rings. The molecule has 15 heavy (non-hydrogen) atoms. The average Bonchev–Trinajstić information content (AvgIpc) is 2.18. The number of ketones is 1. The highest BCUT2D eigenvalue weighted by Crippen LogP contribution is 2.28. The van der Waals surface area contributed by atoms with Crippen LogP contribution in [0.2, 0.25) is 0 Å². The molecule has 0 aliphatic heterocycles. The van der Waals surface area contributed by atoms with Gasteiger partial charge in [-0.25, -0.2) is 0 Å². The van der Waals surface area contributed by atoms with Gasteiger partial charge in [0.25, 0.3) is 0 Å². The first-order chi connectivity index (χ1) is 7.11. The number of ether oxygens (including phenoxy) is 1. The number of benzene rings is 1. The Balaban J connectivity index is 3.30. The van der Waals surface area contributed by atoms with E-state index < -0.39 is 0 Å². The van der Waals surface area contributed by atoms with Gasteiger partial charge in [0.2, 0.25) is 0 Å². The molecule has 0 saturated carbocycles. The van der Waals surface area contributed by atoms with Crippen LogP contribution in [0, 0.1) is 0 Å². The first kappa shape index (κ1) is 11.6. The van der Waals surface area contributed by atoms with Gasteiger partial charge in [-0.3, -0.25) is 4.79 Å². The number of aryl methyl sites for hydroxylation is 1. The van der Waals surface area contributed by atoms with E-state index in [4.69, 9.17) is 10.5 Å². The standard InChI is InChI=1S/C12H17NO2/c1-4-9-6-7-10(15-5-2)11(8(3)14)12(9)13/h6-7H,4-5,13H2,1-3H3. The van der Waals surface area contributed by atoms with Crippen molar-refractivity contribution >= 4 is 11.5 Å². The third kappa shape index (κ3) is 2.29. The fraction of sp³-hybridized carbons (Fsp3) is 0.417. The second-order valence-corrected chi connectivity index (χ2v) is 3.35. The fourth-order valence-corrected chi connectivity index (χ4v) is 1.59. The minimum Gasteiger partial charge on any atom is -0.493 e. The second-order valence-electron chi connectivity index (χ2n) is 3.35. The molecule has 0 atom stereocenters. The van der Waals surface area contributed by atoms with Crippen LogP contribution in [-0.4, -0.2) is 12.4 Å². The van der Waals surface area contributed by atoms with Gasteiger partial charge in [0.15, 0.2) is 5.78 Å². The van der Waals surface area contributed by atoms with Crippen LogP contribution in [0.3, 0.4) is 0 Å². The third-order valence-electron chi connectivity index (χ3n) is 2.33. The lowest BCUT2D eigenvalue weighted by Gasteiger charge is -2.13. The third-order valence-corrected chi connectivity index (χ3v) is 2.33. The first-order valence-electron chi connectivity index (χ1n) is 5.16. The molecule has 0 saturated heterocycles. The summed E-state index contributed by atoms with van der Waals surface area (Å²) in [5.41, 5.74) is 7.98. The molecule has 0 aliphatic carbocycles. The number of hydrogen-bond donors (Lipinski definition) is 1. The van der Waals surface area contributed by atoms with E-state index >= 15 is 0 Å². The lowest BCUT2D eigenvalue weighted by molar-refractivity contribution is 0.101. The molecule has 0 unspecified atom stereocenters. The Hall–Kier alpha value is -1.51. The molecule has 3 nitrogen and oxygen atoms in total. The van der Waals surface area contributed by atoms with Gasteiger partial charge in [-0.05, 0) is 31.9 Å². The van der Waals surface area contributed by atoms with Gasteiger partial charge < -0.3 is 10.5 Å². The zero-order chi connectivity index (χ0) is 11.4. The number of nitrogen functional groups attached to an aromatic ring is 1. The number of Topliss-reactive ketones (excluding diaryl/α,β-unsaturated/α-hetero) is 1. The van der Waals surface area contributed by atoms with Crippen LogP contribution >= 0.6 is 0 Å². The highest BCUT2D eigenvalue weighted by molar-refractivity contribution is 6.02. The predicted molar refractivity (Wildman–Crippen MR) is 61.4 cm³/mol. The summed E-state index contributed by atoms with van der Waals surface area (Å²) < 4.78 is 5.38. The van der Waals surface area contributed by atoms with Crippen molar-refractivity contribution in [3.63, 3.8) is 0 Å². The van der Waals surface area contributed by atoms with Crippen molar-refractivity contribution in [2.75, 3.05) is 12.3 Å². The van der Waals surface area contributed by atoms with E-state index in [-0.39, 0.29) is 5.78 Å². The number of carbonyl (C=O) groups is 1. The van der Waals surface area contributed by atoms with Crippen molar-refractivity contribution < 1.29 is 9.53 Å². The van der Waals surface area contributed by atoms with E-state index in [1.807, 2.05) is 26.0 Å². The summed E-state index contributed by atoms with van der Waals surface area (Å²) in [5.74, 6) is 0.533. The minimum atomic E-state index is -0.0498. The normalized spacial score (nSPS) is 10.1. The highest BCUT2D eigenvalue weighted by atomic mass is 16.5. The zero-order valence-electron chi connectivity index (χ0n) is 9.46. The Labute approximate surface area is 90.2 Å². The molecule has 0 spiro atoms. The molecule has 0 heterocycles.